The summed E-state index contributed by atoms with van der Waals surface area (Å²) in [5.41, 5.74) is 2.07. The molecule has 1 aromatic rings. The Bertz CT molecular complexity index is 653. The maximum Gasteiger partial charge on any atom is 0.301 e. The number of nitrogens with one attached hydrogen (secondary N) is 1. The number of aryl methyl sites for hydroxylation is 1. The summed E-state index contributed by atoms with van der Waals surface area (Å²) in [5, 5.41) is 8.77. The molecule has 1 aliphatic rings. The van der Waals surface area contributed by atoms with Gasteiger partial charge in [0.15, 0.2) is 0 Å². The Morgan fingerprint density at radius 1 is 1.33 bits per heavy atom. The molecule has 5 nitrogen and oxygen atoms in total. The van der Waals surface area contributed by atoms with Crippen molar-refractivity contribution in [3.05, 3.63) is 29.3 Å². The summed E-state index contributed by atoms with van der Waals surface area (Å²) < 4.78 is 28.7. The summed E-state index contributed by atoms with van der Waals surface area (Å²) in [6.45, 7) is 3.02. The Morgan fingerprint density at radius 3 is 2.71 bits per heavy atom. The quantitative estimate of drug-likeness (QED) is 0.828. The van der Waals surface area contributed by atoms with Crippen LogP contribution in [0.15, 0.2) is 18.2 Å². The smallest absolute Gasteiger partial charge is 0.301 e. The van der Waals surface area contributed by atoms with Gasteiger partial charge in [0.05, 0.1) is 12.3 Å². The first-order valence-corrected chi connectivity index (χ1v) is 8.45. The van der Waals surface area contributed by atoms with E-state index in [9.17, 15) is 8.42 Å². The fourth-order valence-electron chi connectivity index (χ4n) is 2.20. The monoisotopic (exact) mass is 308 g/mol. The van der Waals surface area contributed by atoms with Gasteiger partial charge in [-0.3, -0.25) is 4.72 Å². The molecular weight excluding hydrogens is 288 g/mol. The summed E-state index contributed by atoms with van der Waals surface area (Å²) in [6, 6.07) is 5.45. The fraction of sp³-hybridized carbons (Fsp3) is 0.467. The summed E-state index contributed by atoms with van der Waals surface area (Å²) in [4.78, 5) is 0. The Hall–Kier alpha value is -1.55. The lowest BCUT2D eigenvalue weighted by molar-refractivity contribution is 0.305. The van der Waals surface area contributed by atoms with Crippen molar-refractivity contribution in [2.24, 2.45) is 0 Å². The lowest BCUT2D eigenvalue weighted by Crippen LogP contribution is -2.33. The fourth-order valence-corrected chi connectivity index (χ4v) is 3.51. The van der Waals surface area contributed by atoms with Gasteiger partial charge in [0.1, 0.15) is 0 Å². The van der Waals surface area contributed by atoms with E-state index in [0.29, 0.717) is 30.8 Å². The van der Waals surface area contributed by atoms with E-state index < -0.39 is 10.2 Å². The van der Waals surface area contributed by atoms with Crippen LogP contribution in [-0.2, 0) is 10.2 Å². The molecule has 114 valence electrons. The minimum absolute atomic E-state index is 0.00625. The Balaban J connectivity index is 2.26. The second kappa shape index (κ2) is 6.94. The molecule has 0 atom stereocenters. The average molecular weight is 308 g/mol. The van der Waals surface area contributed by atoms with Crippen LogP contribution in [0.3, 0.4) is 0 Å². The summed E-state index contributed by atoms with van der Waals surface area (Å²) in [5.74, 6) is 5.72. The second-order valence-electron chi connectivity index (χ2n) is 5.04. The highest BCUT2D eigenvalue weighted by Crippen LogP contribution is 2.21. The predicted octanol–water partition coefficient (Wildman–Crippen LogP) is 1.48. The van der Waals surface area contributed by atoms with Crippen LogP contribution in [-0.4, -0.2) is 37.5 Å². The molecule has 0 unspecified atom stereocenters. The zero-order chi connectivity index (χ0) is 15.3. The Kier molecular flexibility index (Phi) is 5.23. The van der Waals surface area contributed by atoms with Crippen molar-refractivity contribution in [1.82, 2.24) is 4.31 Å². The van der Waals surface area contributed by atoms with Crippen LogP contribution in [0, 0.1) is 18.8 Å². The number of hydrogen-bond acceptors (Lipinski definition) is 3. The molecular formula is C15H20N2O3S. The van der Waals surface area contributed by atoms with Crippen molar-refractivity contribution < 1.29 is 13.5 Å². The normalized spacial score (nSPS) is 15.5. The van der Waals surface area contributed by atoms with Gasteiger partial charge in [0.2, 0.25) is 0 Å². The summed E-state index contributed by atoms with van der Waals surface area (Å²) in [6.07, 6.45) is 2.17. The highest BCUT2D eigenvalue weighted by Gasteiger charge is 2.25. The average Bonchev–Trinajstić information content (AvgIpc) is 2.96. The molecule has 0 aromatic heterocycles. The van der Waals surface area contributed by atoms with Gasteiger partial charge in [-0.1, -0.05) is 17.9 Å². The molecule has 6 heteroatoms. The zero-order valence-corrected chi connectivity index (χ0v) is 12.9. The molecule has 0 amide bonds. The molecule has 1 saturated heterocycles. The van der Waals surface area contributed by atoms with Crippen LogP contribution < -0.4 is 4.72 Å². The molecule has 1 aromatic carbocycles. The van der Waals surface area contributed by atoms with Crippen molar-refractivity contribution >= 4 is 15.9 Å². The van der Waals surface area contributed by atoms with Crippen molar-refractivity contribution in [1.29, 1.82) is 0 Å². The van der Waals surface area contributed by atoms with Crippen LogP contribution in [0.4, 0.5) is 5.69 Å². The van der Waals surface area contributed by atoms with Crippen LogP contribution in [0.5, 0.6) is 0 Å². The predicted molar refractivity (Wildman–Crippen MR) is 83.1 cm³/mol. The van der Waals surface area contributed by atoms with Crippen molar-refractivity contribution in [2.75, 3.05) is 24.4 Å². The van der Waals surface area contributed by atoms with Gasteiger partial charge >= 0.3 is 10.2 Å². The van der Waals surface area contributed by atoms with E-state index in [-0.39, 0.29) is 6.61 Å². The van der Waals surface area contributed by atoms with Gasteiger partial charge in [-0.25, -0.2) is 0 Å². The molecule has 0 spiro atoms. The largest absolute Gasteiger partial charge is 0.395 e. The molecule has 0 saturated carbocycles. The first-order valence-electron chi connectivity index (χ1n) is 7.01. The van der Waals surface area contributed by atoms with Gasteiger partial charge in [0.25, 0.3) is 0 Å². The first-order chi connectivity index (χ1) is 10.0. The van der Waals surface area contributed by atoms with E-state index in [1.807, 2.05) is 13.0 Å². The molecule has 0 bridgehead atoms. The maximum absolute atomic E-state index is 12.3. The van der Waals surface area contributed by atoms with E-state index in [0.717, 1.165) is 18.4 Å². The number of anilines is 1. The zero-order valence-electron chi connectivity index (χ0n) is 12.1. The minimum atomic E-state index is -3.52. The molecule has 1 aliphatic heterocycles. The number of nitrogens with zero attached hydrogens (tertiary/aromatic N) is 1. The van der Waals surface area contributed by atoms with E-state index >= 15 is 0 Å². The number of rotatable bonds is 4. The van der Waals surface area contributed by atoms with Gasteiger partial charge in [-0.2, -0.15) is 12.7 Å². The molecule has 1 heterocycles. The van der Waals surface area contributed by atoms with E-state index in [4.69, 9.17) is 5.11 Å². The van der Waals surface area contributed by atoms with Crippen molar-refractivity contribution in [2.45, 2.75) is 26.2 Å². The van der Waals surface area contributed by atoms with Crippen LogP contribution in [0.2, 0.25) is 0 Å². The van der Waals surface area contributed by atoms with Crippen LogP contribution in [0.25, 0.3) is 0 Å². The second-order valence-corrected chi connectivity index (χ2v) is 6.71. The summed E-state index contributed by atoms with van der Waals surface area (Å²) >= 11 is 0. The highest BCUT2D eigenvalue weighted by molar-refractivity contribution is 7.90. The van der Waals surface area contributed by atoms with Gasteiger partial charge < -0.3 is 5.11 Å². The first kappa shape index (κ1) is 15.8. The third kappa shape index (κ3) is 4.21. The SMILES string of the molecule is Cc1ccc(C#CCCO)c(NS(=O)(=O)N2CCCC2)c1. The lowest BCUT2D eigenvalue weighted by Gasteiger charge is -2.18. The van der Waals surface area contributed by atoms with Gasteiger partial charge in [-0.15, -0.1) is 0 Å². The van der Waals surface area contributed by atoms with E-state index in [1.54, 1.807) is 12.1 Å². The third-order valence-electron chi connectivity index (χ3n) is 3.28. The van der Waals surface area contributed by atoms with Crippen LogP contribution >= 0.6 is 0 Å². The molecule has 1 fully saturated rings. The number of hydrogen-bond donors (Lipinski definition) is 2. The highest BCUT2D eigenvalue weighted by atomic mass is 32.2. The maximum atomic E-state index is 12.3. The summed E-state index contributed by atoms with van der Waals surface area (Å²) in [7, 11) is -3.52. The molecule has 0 aliphatic carbocycles. The van der Waals surface area contributed by atoms with Crippen molar-refractivity contribution in [3.8, 4) is 11.8 Å². The van der Waals surface area contributed by atoms with E-state index in [1.165, 1.54) is 4.31 Å². The Labute approximate surface area is 126 Å². The van der Waals surface area contributed by atoms with E-state index in [2.05, 4.69) is 16.6 Å². The molecule has 2 N–H and O–H groups in total. The van der Waals surface area contributed by atoms with Gasteiger partial charge in [-0.05, 0) is 37.5 Å². The minimum Gasteiger partial charge on any atom is -0.395 e. The van der Waals surface area contributed by atoms with Gasteiger partial charge in [0, 0.05) is 25.1 Å². The Morgan fingerprint density at radius 2 is 2.05 bits per heavy atom. The third-order valence-corrected chi connectivity index (χ3v) is 4.80. The standard InChI is InChI=1S/C15H20N2O3S/c1-13-7-8-14(6-2-5-11-18)15(12-13)16-21(19,20)17-9-3-4-10-17/h7-8,12,16,18H,3-5,9-11H2,1H3. The molecule has 21 heavy (non-hydrogen) atoms. The number of aliphatic hydroxyl groups excluding tert-OH is 1. The van der Waals surface area contributed by atoms with Crippen LogP contribution in [0.1, 0.15) is 30.4 Å². The topological polar surface area (TPSA) is 69.6 Å². The lowest BCUT2D eigenvalue weighted by atomic mass is 10.1. The molecule has 0 radical (unpaired) electrons. The number of benzene rings is 1. The number of aliphatic hydroxyl groups is 1. The molecule has 2 rings (SSSR count). The van der Waals surface area contributed by atoms with Crippen molar-refractivity contribution in [3.63, 3.8) is 0 Å².